The van der Waals surface area contributed by atoms with Crippen molar-refractivity contribution in [1.29, 1.82) is 0 Å². The molecule has 2 heteroatoms. The molecule has 0 radical (unpaired) electrons. The predicted octanol–water partition coefficient (Wildman–Crippen LogP) is 9.31. The number of benzene rings is 3. The number of allylic oxidation sites excluding steroid dienone is 2. The van der Waals surface area contributed by atoms with Crippen LogP contribution in [0, 0.1) is 18.9 Å². The van der Waals surface area contributed by atoms with E-state index in [1.54, 1.807) is 0 Å². The lowest BCUT2D eigenvalue weighted by Gasteiger charge is -2.28. The Hall–Kier alpha value is -3.52. The molecule has 1 aliphatic heterocycles. The Morgan fingerprint density at radius 2 is 1.78 bits per heavy atom. The molecule has 0 spiro atoms. The number of furan rings is 1. The van der Waals surface area contributed by atoms with Crippen molar-refractivity contribution in [3.8, 4) is 11.1 Å². The van der Waals surface area contributed by atoms with Gasteiger partial charge in [-0.3, -0.25) is 8.99 Å². The fourth-order valence-corrected chi connectivity index (χ4v) is 6.08. The maximum atomic E-state index is 6.50. The van der Waals surface area contributed by atoms with Crippen LogP contribution in [0.3, 0.4) is 0 Å². The Morgan fingerprint density at radius 1 is 1.00 bits per heavy atom. The summed E-state index contributed by atoms with van der Waals surface area (Å²) in [5.41, 5.74) is 9.58. The molecule has 2 heterocycles. The van der Waals surface area contributed by atoms with Crippen LogP contribution in [0.1, 0.15) is 68.6 Å². The first-order chi connectivity index (χ1) is 17.5. The van der Waals surface area contributed by atoms with E-state index in [1.165, 1.54) is 82.3 Å². The summed E-state index contributed by atoms with van der Waals surface area (Å²) in [6.45, 7) is 11.1. The zero-order chi connectivity index (χ0) is 24.8. The van der Waals surface area contributed by atoms with Crippen LogP contribution in [0.5, 0.6) is 0 Å². The highest BCUT2D eigenvalue weighted by Crippen LogP contribution is 2.41. The minimum atomic E-state index is 0.383. The second kappa shape index (κ2) is 9.17. The highest BCUT2D eigenvalue weighted by molar-refractivity contribution is 6.08. The molecule has 2 nitrogen and oxygen atoms in total. The highest BCUT2D eigenvalue weighted by Gasteiger charge is 2.25. The van der Waals surface area contributed by atoms with Gasteiger partial charge in [0, 0.05) is 0 Å². The van der Waals surface area contributed by atoms with Gasteiger partial charge < -0.3 is 0 Å². The quantitative estimate of drug-likeness (QED) is 0.164. The molecule has 36 heavy (non-hydrogen) atoms. The van der Waals surface area contributed by atoms with E-state index in [9.17, 15) is 0 Å². The van der Waals surface area contributed by atoms with Gasteiger partial charge >= 0.3 is 0 Å². The van der Waals surface area contributed by atoms with Crippen molar-refractivity contribution < 1.29 is 8.99 Å². The average molecular weight is 474 g/mol. The van der Waals surface area contributed by atoms with E-state index < -0.39 is 0 Å². The van der Waals surface area contributed by atoms with Crippen molar-refractivity contribution in [3.05, 3.63) is 101 Å². The molecule has 0 N–H and O–H groups in total. The second-order valence-electron chi connectivity index (χ2n) is 10.9. The normalized spacial score (nSPS) is 16.9. The lowest BCUT2D eigenvalue weighted by atomic mass is 9.81. The summed E-state index contributed by atoms with van der Waals surface area (Å²) < 4.78 is 8.53. The van der Waals surface area contributed by atoms with Gasteiger partial charge in [-0.1, -0.05) is 117 Å². The van der Waals surface area contributed by atoms with Crippen LogP contribution < -0.4 is 0 Å². The summed E-state index contributed by atoms with van der Waals surface area (Å²) in [4.78, 5) is 0. The smallest absolute Gasteiger partial charge is 0.279 e. The lowest BCUT2D eigenvalue weighted by Crippen LogP contribution is -2.19. The first-order valence-electron chi connectivity index (χ1n) is 13.4. The standard InChI is InChI=1S/C34H35NO/c1-22(2)28-18-27(25-13-9-6-10-14-25)20-33-34(28)30-21-29(23(3)17-32(30)36-33)31-19-26(15-16-35(31)4)24-11-7-5-8-12-24/h6,9-10,13-22,24H,4-5,7-8,11-12H2,1-3H3. The summed E-state index contributed by atoms with van der Waals surface area (Å²) in [7, 11) is 0. The number of aryl methyl sites for hydroxylation is 1. The average Bonchev–Trinajstić information content (AvgIpc) is 3.26. The van der Waals surface area contributed by atoms with Gasteiger partial charge in [0.1, 0.15) is 12.2 Å². The number of hydrogen-bond acceptors (Lipinski definition) is 0. The Bertz CT molecular complexity index is 1510. The molecule has 0 unspecified atom stereocenters. The molecule has 182 valence electrons. The van der Waals surface area contributed by atoms with Gasteiger partial charge in [0.15, 0.2) is 0 Å². The number of hydrogen-bond donors (Lipinski definition) is 0. The number of rotatable bonds is 4. The Labute approximate surface area is 214 Å². The zero-order valence-corrected chi connectivity index (χ0v) is 21.7. The van der Waals surface area contributed by atoms with Crippen LogP contribution in [-0.4, -0.2) is 11.3 Å². The van der Waals surface area contributed by atoms with Gasteiger partial charge in [-0.2, -0.15) is 0 Å². The topological polar surface area (TPSA) is 14.3 Å². The molecule has 1 aromatic heterocycles. The van der Waals surface area contributed by atoms with E-state index >= 15 is 0 Å². The minimum Gasteiger partial charge on any atom is -0.287 e. The summed E-state index contributed by atoms with van der Waals surface area (Å²) in [6.07, 6.45) is 13.5. The molecule has 0 amide bonds. The maximum Gasteiger partial charge on any atom is 0.279 e. The van der Waals surface area contributed by atoms with Crippen LogP contribution >= 0.6 is 0 Å². The largest absolute Gasteiger partial charge is 0.287 e. The molecule has 6 rings (SSSR count). The Balaban J connectivity index is 1.50. The van der Waals surface area contributed by atoms with E-state index in [0.29, 0.717) is 11.8 Å². The monoisotopic (exact) mass is 473 g/mol. The minimum absolute atomic E-state index is 0.383. The lowest BCUT2D eigenvalue weighted by molar-refractivity contribution is -0.418. The second-order valence-corrected chi connectivity index (χ2v) is 10.9. The third kappa shape index (κ3) is 3.99. The van der Waals surface area contributed by atoms with Gasteiger partial charge in [-0.05, 0) is 46.4 Å². The first kappa shape index (κ1) is 22.9. The fraction of sp³-hybridized carbons (Fsp3) is 0.294. The van der Waals surface area contributed by atoms with E-state index in [1.807, 2.05) is 4.58 Å². The summed E-state index contributed by atoms with van der Waals surface area (Å²) in [5.74, 6) is 1.05. The third-order valence-electron chi connectivity index (χ3n) is 8.09. The molecular weight excluding hydrogens is 438 g/mol. The van der Waals surface area contributed by atoms with Crippen molar-refractivity contribution >= 4 is 28.7 Å². The molecule has 1 fully saturated rings. The van der Waals surface area contributed by atoms with Gasteiger partial charge in [-0.25, -0.2) is 0 Å². The van der Waals surface area contributed by atoms with Crippen LogP contribution in [0.15, 0.2) is 82.9 Å². The first-order valence-corrected chi connectivity index (χ1v) is 13.4. The molecule has 0 saturated heterocycles. The molecule has 1 aliphatic carbocycles. The SMILES string of the molecule is C=[N+]1C=CC(C2CCCCC2)=C[C-]1c1cc2c(cc1C)[o+][c-]1cc(-c3ccccc3)cc(C(C)C)c21. The Kier molecular flexibility index (Phi) is 5.84. The van der Waals surface area contributed by atoms with Crippen LogP contribution in [0.25, 0.3) is 33.1 Å². The molecule has 0 atom stereocenters. The molecule has 4 aromatic rings. The molecule has 2 aliphatic rings. The molecular formula is C34H35NO. The van der Waals surface area contributed by atoms with Gasteiger partial charge in [0.25, 0.3) is 11.2 Å². The molecule has 3 aromatic carbocycles. The molecule has 1 saturated carbocycles. The third-order valence-corrected chi connectivity index (χ3v) is 8.09. The van der Waals surface area contributed by atoms with E-state index in [0.717, 1.165) is 11.2 Å². The fourth-order valence-electron chi connectivity index (χ4n) is 6.08. The van der Waals surface area contributed by atoms with Crippen molar-refractivity contribution in [2.24, 2.45) is 5.92 Å². The number of fused-ring (bicyclic) bond motifs is 3. The summed E-state index contributed by atoms with van der Waals surface area (Å²) in [5, 5.41) is 2.43. The highest BCUT2D eigenvalue weighted by atomic mass is 16.3. The van der Waals surface area contributed by atoms with E-state index in [2.05, 4.69) is 100 Å². The van der Waals surface area contributed by atoms with Gasteiger partial charge in [-0.15, -0.1) is 12.1 Å². The number of nitrogens with zero attached hydrogens (tertiary/aromatic N) is 1. The summed E-state index contributed by atoms with van der Waals surface area (Å²) in [6, 6.07) is 20.9. The van der Waals surface area contributed by atoms with Gasteiger partial charge in [0.05, 0.1) is 6.72 Å². The van der Waals surface area contributed by atoms with E-state index in [4.69, 9.17) is 4.42 Å². The summed E-state index contributed by atoms with van der Waals surface area (Å²) >= 11 is 0. The van der Waals surface area contributed by atoms with Crippen molar-refractivity contribution in [2.75, 3.05) is 0 Å². The van der Waals surface area contributed by atoms with Crippen LogP contribution in [-0.2, 0) is 0 Å². The van der Waals surface area contributed by atoms with E-state index in [-0.39, 0.29) is 0 Å². The molecule has 0 bridgehead atoms. The Morgan fingerprint density at radius 3 is 2.53 bits per heavy atom. The van der Waals surface area contributed by atoms with Crippen LogP contribution in [0.2, 0.25) is 0 Å². The van der Waals surface area contributed by atoms with Crippen molar-refractivity contribution in [1.82, 2.24) is 0 Å². The predicted molar refractivity (Wildman–Crippen MR) is 152 cm³/mol. The maximum absolute atomic E-state index is 6.50. The zero-order valence-electron chi connectivity index (χ0n) is 21.7. The van der Waals surface area contributed by atoms with Crippen molar-refractivity contribution in [2.45, 2.75) is 58.8 Å². The van der Waals surface area contributed by atoms with Crippen LogP contribution in [0.4, 0.5) is 0 Å². The van der Waals surface area contributed by atoms with Gasteiger partial charge in [0.2, 0.25) is 0 Å². The van der Waals surface area contributed by atoms with Crippen molar-refractivity contribution in [3.63, 3.8) is 0 Å².